The molecule has 1 aromatic carbocycles. The molecule has 0 amide bonds. The summed E-state index contributed by atoms with van der Waals surface area (Å²) in [6, 6.07) is 7.88. The van der Waals surface area contributed by atoms with Crippen molar-refractivity contribution >= 4 is 23.3 Å². The Hall–Kier alpha value is -3.43. The number of aromatic nitrogens is 4. The number of piperidine rings is 1. The van der Waals surface area contributed by atoms with Gasteiger partial charge in [-0.15, -0.1) is 5.10 Å². The molecule has 1 saturated carbocycles. The van der Waals surface area contributed by atoms with Crippen molar-refractivity contribution in [2.45, 2.75) is 31.8 Å². The molecule has 2 aliphatic heterocycles. The van der Waals surface area contributed by atoms with Gasteiger partial charge in [-0.05, 0) is 49.3 Å². The lowest BCUT2D eigenvalue weighted by Crippen LogP contribution is -2.48. The van der Waals surface area contributed by atoms with Gasteiger partial charge in [0.05, 0.1) is 7.11 Å². The molecular weight excluding hydrogens is 440 g/mol. The number of pyridine rings is 1. The molecule has 1 saturated heterocycles. The van der Waals surface area contributed by atoms with Gasteiger partial charge in [-0.1, -0.05) is 0 Å². The van der Waals surface area contributed by atoms with Crippen LogP contribution in [0.2, 0.25) is 0 Å². The van der Waals surface area contributed by atoms with Crippen LogP contribution in [0.15, 0.2) is 36.5 Å². The zero-order chi connectivity index (χ0) is 23.2. The molecule has 34 heavy (non-hydrogen) atoms. The fraction of sp³-hybridized carbons (Fsp3) is 0.458. The van der Waals surface area contributed by atoms with Crippen molar-refractivity contribution in [2.75, 3.05) is 41.9 Å². The molecule has 2 atom stereocenters. The minimum atomic E-state index is -0.597. The first kappa shape index (κ1) is 21.1. The third-order valence-electron chi connectivity index (χ3n) is 7.23. The van der Waals surface area contributed by atoms with E-state index in [0.29, 0.717) is 47.9 Å². The van der Waals surface area contributed by atoms with Gasteiger partial charge < -0.3 is 19.9 Å². The van der Waals surface area contributed by atoms with E-state index in [0.717, 1.165) is 50.7 Å². The van der Waals surface area contributed by atoms with E-state index in [4.69, 9.17) is 9.72 Å². The number of halogens is 2. The lowest BCUT2D eigenvalue weighted by atomic mass is 9.92. The minimum absolute atomic E-state index is 0.296. The Morgan fingerprint density at radius 1 is 1.00 bits per heavy atom. The van der Waals surface area contributed by atoms with Gasteiger partial charge in [-0.2, -0.15) is 4.98 Å². The molecule has 2 fully saturated rings. The number of hydrogen-bond acceptors (Lipinski definition) is 7. The van der Waals surface area contributed by atoms with Gasteiger partial charge in [0.1, 0.15) is 11.6 Å². The number of fused-ring (bicyclic) bond motifs is 3. The Kier molecular flexibility index (Phi) is 5.23. The first-order valence-corrected chi connectivity index (χ1v) is 11.8. The number of ether oxygens (including phenoxy) is 1. The fourth-order valence-corrected chi connectivity index (χ4v) is 5.69. The summed E-state index contributed by atoms with van der Waals surface area (Å²) in [6.45, 7) is 3.26. The molecule has 10 heteroatoms. The molecule has 6 rings (SSSR count). The van der Waals surface area contributed by atoms with Crippen molar-refractivity contribution in [1.29, 1.82) is 0 Å². The Labute approximate surface area is 196 Å². The maximum Gasteiger partial charge on any atom is 0.244 e. The lowest BCUT2D eigenvalue weighted by molar-refractivity contribution is 0.374. The maximum absolute atomic E-state index is 13.8. The van der Waals surface area contributed by atoms with Crippen molar-refractivity contribution in [1.82, 2.24) is 19.7 Å². The third kappa shape index (κ3) is 3.80. The number of rotatable bonds is 5. The van der Waals surface area contributed by atoms with E-state index in [1.807, 2.05) is 21.7 Å². The van der Waals surface area contributed by atoms with Crippen LogP contribution in [0, 0.1) is 23.5 Å². The average Bonchev–Trinajstić information content (AvgIpc) is 3.34. The van der Waals surface area contributed by atoms with Crippen molar-refractivity contribution in [3.05, 3.63) is 48.2 Å². The minimum Gasteiger partial charge on any atom is -0.481 e. The quantitative estimate of drug-likeness (QED) is 0.612. The summed E-state index contributed by atoms with van der Waals surface area (Å²) in [5.74, 6) is 1.59. The summed E-state index contributed by atoms with van der Waals surface area (Å²) < 4.78 is 34.8. The van der Waals surface area contributed by atoms with E-state index in [9.17, 15) is 8.78 Å². The van der Waals surface area contributed by atoms with Gasteiger partial charge in [-0.25, -0.2) is 18.4 Å². The SMILES string of the molecule is COc1cc(N2C[C@@H]3CC[C@@H](C2)C3Nc2nc3n(n2)CCCN3c2cc(F)cc(F)c2)ccn1. The predicted molar refractivity (Wildman–Crippen MR) is 125 cm³/mol. The van der Waals surface area contributed by atoms with Crippen molar-refractivity contribution in [3.63, 3.8) is 0 Å². The topological polar surface area (TPSA) is 71.3 Å². The van der Waals surface area contributed by atoms with Gasteiger partial charge in [0, 0.05) is 61.9 Å². The molecule has 0 unspecified atom stereocenters. The molecule has 0 radical (unpaired) electrons. The van der Waals surface area contributed by atoms with Crippen LogP contribution in [0.1, 0.15) is 19.3 Å². The Morgan fingerprint density at radius 2 is 1.76 bits per heavy atom. The van der Waals surface area contributed by atoms with Gasteiger partial charge in [0.2, 0.25) is 17.8 Å². The Balaban J connectivity index is 1.20. The van der Waals surface area contributed by atoms with Gasteiger partial charge in [0.15, 0.2) is 0 Å². The van der Waals surface area contributed by atoms with E-state index < -0.39 is 11.6 Å². The maximum atomic E-state index is 13.8. The number of nitrogens with one attached hydrogen (secondary N) is 1. The van der Waals surface area contributed by atoms with Crippen LogP contribution >= 0.6 is 0 Å². The molecule has 3 aromatic rings. The van der Waals surface area contributed by atoms with E-state index in [1.54, 1.807) is 13.3 Å². The van der Waals surface area contributed by atoms with Crippen LogP contribution in [-0.2, 0) is 6.54 Å². The number of nitrogens with zero attached hydrogens (tertiary/aromatic N) is 6. The number of methoxy groups -OCH3 is 1. The first-order valence-electron chi connectivity index (χ1n) is 11.8. The second-order valence-corrected chi connectivity index (χ2v) is 9.32. The van der Waals surface area contributed by atoms with Crippen LogP contribution in [0.3, 0.4) is 0 Å². The number of benzene rings is 1. The third-order valence-corrected chi connectivity index (χ3v) is 7.23. The highest BCUT2D eigenvalue weighted by Crippen LogP contribution is 2.40. The smallest absolute Gasteiger partial charge is 0.244 e. The predicted octanol–water partition coefficient (Wildman–Crippen LogP) is 3.83. The molecule has 178 valence electrons. The number of hydrogen-bond donors (Lipinski definition) is 1. The molecule has 2 aromatic heterocycles. The van der Waals surface area contributed by atoms with Crippen LogP contribution in [0.5, 0.6) is 5.88 Å². The first-order chi connectivity index (χ1) is 16.6. The highest BCUT2D eigenvalue weighted by Gasteiger charge is 2.43. The van der Waals surface area contributed by atoms with E-state index >= 15 is 0 Å². The fourth-order valence-electron chi connectivity index (χ4n) is 5.69. The van der Waals surface area contributed by atoms with E-state index in [2.05, 4.69) is 20.3 Å². The molecule has 1 N–H and O–H groups in total. The molecule has 8 nitrogen and oxygen atoms in total. The van der Waals surface area contributed by atoms with Crippen molar-refractivity contribution in [3.8, 4) is 5.88 Å². The Morgan fingerprint density at radius 3 is 2.50 bits per heavy atom. The summed E-state index contributed by atoms with van der Waals surface area (Å²) in [5.41, 5.74) is 1.59. The van der Waals surface area contributed by atoms with Crippen LogP contribution in [0.4, 0.5) is 32.1 Å². The molecule has 0 spiro atoms. The zero-order valence-corrected chi connectivity index (χ0v) is 19.0. The summed E-state index contributed by atoms with van der Waals surface area (Å²) in [4.78, 5) is 13.2. The van der Waals surface area contributed by atoms with Crippen LogP contribution < -0.4 is 19.9 Å². The summed E-state index contributed by atoms with van der Waals surface area (Å²) in [5, 5.41) is 8.30. The summed E-state index contributed by atoms with van der Waals surface area (Å²) in [7, 11) is 1.63. The van der Waals surface area contributed by atoms with E-state index in [1.165, 1.54) is 12.1 Å². The second kappa shape index (κ2) is 8.41. The van der Waals surface area contributed by atoms with Crippen molar-refractivity contribution in [2.24, 2.45) is 11.8 Å². The number of aryl methyl sites for hydroxylation is 1. The van der Waals surface area contributed by atoms with Crippen molar-refractivity contribution < 1.29 is 13.5 Å². The largest absolute Gasteiger partial charge is 0.481 e. The highest BCUT2D eigenvalue weighted by atomic mass is 19.1. The lowest BCUT2D eigenvalue weighted by Gasteiger charge is -2.39. The number of anilines is 4. The molecule has 2 bridgehead atoms. The average molecular weight is 468 g/mol. The van der Waals surface area contributed by atoms with Gasteiger partial charge in [-0.3, -0.25) is 0 Å². The molecule has 3 aliphatic rings. The van der Waals surface area contributed by atoms with E-state index in [-0.39, 0.29) is 0 Å². The monoisotopic (exact) mass is 467 g/mol. The molecular formula is C24H27F2N7O. The zero-order valence-electron chi connectivity index (χ0n) is 19.0. The van der Waals surface area contributed by atoms with Crippen LogP contribution in [-0.4, -0.2) is 52.5 Å². The molecule has 4 heterocycles. The normalized spacial score (nSPS) is 23.7. The highest BCUT2D eigenvalue weighted by molar-refractivity contribution is 5.59. The van der Waals surface area contributed by atoms with Gasteiger partial charge in [0.25, 0.3) is 0 Å². The van der Waals surface area contributed by atoms with Crippen LogP contribution in [0.25, 0.3) is 0 Å². The Bertz CT molecular complexity index is 1170. The molecule has 1 aliphatic carbocycles. The standard InChI is InChI=1S/C24H27F2N7O/c1-34-21-12-19(5-6-27-21)31-13-15-3-4-16(14-31)22(15)28-23-29-24-32(7-2-8-33(24)30-23)20-10-17(25)9-18(26)11-20/h5-6,9-12,15-16,22H,2-4,7-8,13-14H2,1H3,(H,28,30)/t15-,16-/m0/s1. The summed E-state index contributed by atoms with van der Waals surface area (Å²) >= 11 is 0. The summed E-state index contributed by atoms with van der Waals surface area (Å²) in [6.07, 6.45) is 4.93. The van der Waals surface area contributed by atoms with Gasteiger partial charge >= 0.3 is 0 Å². The second-order valence-electron chi connectivity index (χ2n) is 9.32.